The van der Waals surface area contributed by atoms with Gasteiger partial charge in [-0.1, -0.05) is 30.0 Å². The summed E-state index contributed by atoms with van der Waals surface area (Å²) in [4.78, 5) is 37.5. The number of carbonyl (C=O) groups excluding carboxylic acids is 1. The van der Waals surface area contributed by atoms with Gasteiger partial charge in [-0.15, -0.1) is 0 Å². The fraction of sp³-hybridized carbons (Fsp3) is 0.0833. The normalized spacial score (nSPS) is 10.3. The van der Waals surface area contributed by atoms with Gasteiger partial charge >= 0.3 is 5.69 Å². The highest BCUT2D eigenvalue weighted by Crippen LogP contribution is 2.25. The number of H-pyrrole nitrogens is 1. The number of hydrogen-bond donors (Lipinski definition) is 1. The molecule has 0 aliphatic rings. The van der Waals surface area contributed by atoms with Crippen molar-refractivity contribution in [1.82, 2.24) is 9.55 Å². The molecule has 1 aromatic heterocycles. The van der Waals surface area contributed by atoms with Crippen LogP contribution in [0.25, 0.3) is 0 Å². The van der Waals surface area contributed by atoms with Crippen molar-refractivity contribution in [2.45, 2.75) is 9.92 Å². The molecular weight excluding hydrogens is 252 g/mol. The largest absolute Gasteiger partial charge is 0.328 e. The Balaban J connectivity index is 2.55. The lowest BCUT2D eigenvalue weighted by molar-refractivity contribution is 0.111. The summed E-state index contributed by atoms with van der Waals surface area (Å²) in [6.45, 7) is 0. The van der Waals surface area contributed by atoms with Crippen LogP contribution in [0.4, 0.5) is 0 Å². The smallest absolute Gasteiger partial charge is 0.301 e. The average Bonchev–Trinajstić information content (AvgIpc) is 2.38. The fourth-order valence-electron chi connectivity index (χ4n) is 1.41. The Hall–Kier alpha value is -2.08. The molecule has 0 atom stereocenters. The van der Waals surface area contributed by atoms with E-state index < -0.39 is 11.2 Å². The lowest BCUT2D eigenvalue weighted by atomic mass is 10.4. The standard InChI is InChI=1S/C12H10N2O3S/c1-14-11(16)9(7-15)10(13-12(14)17)18-8-5-3-2-4-6-8/h2-7H,1H3,(H,13,17). The van der Waals surface area contributed by atoms with Crippen molar-refractivity contribution >= 4 is 18.0 Å². The third-order valence-electron chi connectivity index (χ3n) is 2.39. The molecule has 0 unspecified atom stereocenters. The maximum absolute atomic E-state index is 11.7. The second kappa shape index (κ2) is 5.05. The number of rotatable bonds is 3. The van der Waals surface area contributed by atoms with E-state index in [1.165, 1.54) is 18.8 Å². The van der Waals surface area contributed by atoms with Gasteiger partial charge in [0, 0.05) is 11.9 Å². The minimum absolute atomic E-state index is 0.0362. The van der Waals surface area contributed by atoms with Gasteiger partial charge in [-0.05, 0) is 12.1 Å². The summed E-state index contributed by atoms with van der Waals surface area (Å²) in [5.41, 5.74) is -1.16. The van der Waals surface area contributed by atoms with Crippen molar-refractivity contribution in [2.75, 3.05) is 0 Å². The molecule has 0 aliphatic heterocycles. The number of aldehydes is 1. The van der Waals surface area contributed by atoms with Crippen molar-refractivity contribution in [3.63, 3.8) is 0 Å². The maximum atomic E-state index is 11.7. The Morgan fingerprint density at radius 2 is 1.89 bits per heavy atom. The van der Waals surface area contributed by atoms with Gasteiger partial charge in [0.25, 0.3) is 5.56 Å². The van der Waals surface area contributed by atoms with Crippen LogP contribution in [-0.4, -0.2) is 15.8 Å². The number of benzene rings is 1. The summed E-state index contributed by atoms with van der Waals surface area (Å²) >= 11 is 1.18. The predicted molar refractivity (Wildman–Crippen MR) is 68.3 cm³/mol. The molecule has 1 N–H and O–H groups in total. The molecule has 0 fully saturated rings. The lowest BCUT2D eigenvalue weighted by Gasteiger charge is -2.05. The fourth-order valence-corrected chi connectivity index (χ4v) is 2.32. The summed E-state index contributed by atoms with van der Waals surface area (Å²) in [6.07, 6.45) is 0.462. The molecule has 5 nitrogen and oxygen atoms in total. The number of nitrogens with one attached hydrogen (secondary N) is 1. The highest BCUT2D eigenvalue weighted by molar-refractivity contribution is 7.99. The summed E-state index contributed by atoms with van der Waals surface area (Å²) < 4.78 is 0.874. The molecular formula is C12H10N2O3S. The van der Waals surface area contributed by atoms with Crippen LogP contribution in [0.3, 0.4) is 0 Å². The molecule has 1 aromatic carbocycles. The van der Waals surface area contributed by atoms with Gasteiger partial charge in [-0.2, -0.15) is 0 Å². The molecule has 6 heteroatoms. The molecule has 92 valence electrons. The van der Waals surface area contributed by atoms with Gasteiger partial charge in [0.2, 0.25) is 0 Å². The Bertz CT molecular complexity index is 689. The second-order valence-corrected chi connectivity index (χ2v) is 4.65. The lowest BCUT2D eigenvalue weighted by Crippen LogP contribution is -2.35. The summed E-state index contributed by atoms with van der Waals surface area (Å²) in [5.74, 6) is 0. The zero-order chi connectivity index (χ0) is 13.1. The van der Waals surface area contributed by atoms with Crippen LogP contribution in [0.15, 0.2) is 49.8 Å². The second-order valence-electron chi connectivity index (χ2n) is 3.57. The summed E-state index contributed by atoms with van der Waals surface area (Å²) in [6, 6.07) is 9.19. The van der Waals surface area contributed by atoms with Crippen LogP contribution >= 0.6 is 11.8 Å². The van der Waals surface area contributed by atoms with E-state index in [1.54, 1.807) is 0 Å². The number of aromatic nitrogens is 2. The summed E-state index contributed by atoms with van der Waals surface area (Å²) in [5, 5.41) is 0.268. The molecule has 18 heavy (non-hydrogen) atoms. The number of carbonyl (C=O) groups is 1. The minimum atomic E-state index is -0.591. The van der Waals surface area contributed by atoms with E-state index in [-0.39, 0.29) is 10.6 Å². The Morgan fingerprint density at radius 3 is 2.50 bits per heavy atom. The van der Waals surface area contributed by atoms with Crippen molar-refractivity contribution < 1.29 is 4.79 Å². The maximum Gasteiger partial charge on any atom is 0.328 e. The van der Waals surface area contributed by atoms with E-state index in [1.807, 2.05) is 30.3 Å². The third kappa shape index (κ3) is 2.28. The molecule has 0 radical (unpaired) electrons. The Kier molecular flexibility index (Phi) is 3.47. The van der Waals surface area contributed by atoms with Crippen LogP contribution in [0.1, 0.15) is 10.4 Å². The van der Waals surface area contributed by atoms with Crippen molar-refractivity contribution in [2.24, 2.45) is 7.05 Å². The van der Waals surface area contributed by atoms with E-state index in [0.29, 0.717) is 6.29 Å². The monoisotopic (exact) mass is 262 g/mol. The highest BCUT2D eigenvalue weighted by Gasteiger charge is 2.12. The molecule has 0 spiro atoms. The van der Waals surface area contributed by atoms with Crippen molar-refractivity contribution in [1.29, 1.82) is 0 Å². The van der Waals surface area contributed by atoms with Gasteiger partial charge in [-0.3, -0.25) is 14.2 Å². The van der Waals surface area contributed by atoms with Crippen LogP contribution in [0, 0.1) is 0 Å². The summed E-state index contributed by atoms with van der Waals surface area (Å²) in [7, 11) is 1.32. The van der Waals surface area contributed by atoms with Crippen LogP contribution in [-0.2, 0) is 7.05 Å². The molecule has 0 amide bonds. The Labute approximate surface area is 106 Å². The average molecular weight is 262 g/mol. The van der Waals surface area contributed by atoms with E-state index in [2.05, 4.69) is 4.98 Å². The third-order valence-corrected chi connectivity index (χ3v) is 3.42. The first kappa shape index (κ1) is 12.4. The molecule has 1 heterocycles. The van der Waals surface area contributed by atoms with Crippen LogP contribution in [0.2, 0.25) is 0 Å². The first-order chi connectivity index (χ1) is 8.63. The van der Waals surface area contributed by atoms with E-state index in [9.17, 15) is 14.4 Å². The minimum Gasteiger partial charge on any atom is -0.301 e. The van der Waals surface area contributed by atoms with Gasteiger partial charge < -0.3 is 4.98 Å². The number of hydrogen-bond acceptors (Lipinski definition) is 4. The number of aromatic amines is 1. The highest BCUT2D eigenvalue weighted by atomic mass is 32.2. The first-order valence-electron chi connectivity index (χ1n) is 5.15. The SMILES string of the molecule is Cn1c(=O)[nH]c(Sc2ccccc2)c(C=O)c1=O. The first-order valence-corrected chi connectivity index (χ1v) is 5.96. The van der Waals surface area contributed by atoms with Gasteiger partial charge in [0.15, 0.2) is 6.29 Å². The zero-order valence-electron chi connectivity index (χ0n) is 9.54. The van der Waals surface area contributed by atoms with E-state index in [4.69, 9.17) is 0 Å². The molecule has 2 aromatic rings. The quantitative estimate of drug-likeness (QED) is 0.662. The molecule has 2 rings (SSSR count). The topological polar surface area (TPSA) is 71.9 Å². The van der Waals surface area contributed by atoms with Gasteiger partial charge in [0.05, 0.1) is 5.03 Å². The molecule has 0 saturated carbocycles. The van der Waals surface area contributed by atoms with Crippen LogP contribution < -0.4 is 11.2 Å². The zero-order valence-corrected chi connectivity index (χ0v) is 10.4. The van der Waals surface area contributed by atoms with Crippen molar-refractivity contribution in [3.8, 4) is 0 Å². The molecule has 0 aliphatic carbocycles. The molecule has 0 bridgehead atoms. The van der Waals surface area contributed by atoms with E-state index in [0.717, 1.165) is 9.46 Å². The molecule has 0 saturated heterocycles. The van der Waals surface area contributed by atoms with E-state index >= 15 is 0 Å². The Morgan fingerprint density at radius 1 is 1.22 bits per heavy atom. The van der Waals surface area contributed by atoms with Crippen molar-refractivity contribution in [3.05, 3.63) is 56.7 Å². The van der Waals surface area contributed by atoms with Gasteiger partial charge in [-0.25, -0.2) is 4.79 Å². The van der Waals surface area contributed by atoms with Gasteiger partial charge in [0.1, 0.15) is 5.56 Å². The predicted octanol–water partition coefficient (Wildman–Crippen LogP) is 1.04. The number of nitrogens with zero attached hydrogens (tertiary/aromatic N) is 1. The van der Waals surface area contributed by atoms with Crippen LogP contribution in [0.5, 0.6) is 0 Å².